The maximum absolute atomic E-state index is 13.3. The number of hydrogen-bond acceptors (Lipinski definition) is 5. The Hall–Kier alpha value is -5.23. The third-order valence-electron chi connectivity index (χ3n) is 6.48. The average molecular weight is 513 g/mol. The van der Waals surface area contributed by atoms with Crippen LogP contribution in [0.4, 0.5) is 11.4 Å². The van der Waals surface area contributed by atoms with Crippen molar-refractivity contribution in [1.29, 1.82) is 0 Å². The van der Waals surface area contributed by atoms with Gasteiger partial charge in [-0.05, 0) is 53.9 Å². The van der Waals surface area contributed by atoms with Crippen molar-refractivity contribution in [3.05, 3.63) is 127 Å². The third kappa shape index (κ3) is 4.88. The summed E-state index contributed by atoms with van der Waals surface area (Å²) in [5.41, 5.74) is 4.00. The molecular formula is C33H24N2O4. The lowest BCUT2D eigenvalue weighted by atomic mass is 9.99. The van der Waals surface area contributed by atoms with Gasteiger partial charge in [-0.3, -0.25) is 9.69 Å². The molecule has 0 saturated heterocycles. The molecule has 0 spiro atoms. The molecule has 1 amide bonds. The maximum Gasteiger partial charge on any atom is 0.338 e. The van der Waals surface area contributed by atoms with E-state index in [4.69, 9.17) is 9.15 Å². The van der Waals surface area contributed by atoms with Crippen molar-refractivity contribution in [2.45, 2.75) is 6.42 Å². The van der Waals surface area contributed by atoms with E-state index < -0.39 is 5.97 Å². The van der Waals surface area contributed by atoms with Crippen LogP contribution >= 0.6 is 0 Å². The Morgan fingerprint density at radius 3 is 2.05 bits per heavy atom. The van der Waals surface area contributed by atoms with Crippen molar-refractivity contribution in [3.8, 4) is 11.5 Å². The molecule has 5 aromatic carbocycles. The number of amides is 1. The zero-order chi connectivity index (χ0) is 26.6. The summed E-state index contributed by atoms with van der Waals surface area (Å²) >= 11 is 0. The number of para-hydroxylation sites is 4. The quantitative estimate of drug-likeness (QED) is 0.206. The van der Waals surface area contributed by atoms with Gasteiger partial charge in [0.05, 0.1) is 12.0 Å². The molecule has 1 aromatic heterocycles. The van der Waals surface area contributed by atoms with Gasteiger partial charge in [0, 0.05) is 22.3 Å². The highest BCUT2D eigenvalue weighted by Gasteiger charge is 2.21. The lowest BCUT2D eigenvalue weighted by Crippen LogP contribution is -2.27. The summed E-state index contributed by atoms with van der Waals surface area (Å²) in [6, 6.07) is 37.5. The normalized spacial score (nSPS) is 11.0. The largest absolute Gasteiger partial charge is 0.462 e. The summed E-state index contributed by atoms with van der Waals surface area (Å²) in [5.74, 6) is -0.258. The van der Waals surface area contributed by atoms with Crippen molar-refractivity contribution in [3.63, 3.8) is 0 Å². The predicted molar refractivity (Wildman–Crippen MR) is 152 cm³/mol. The standard InChI is InChI=1S/C33H24N2O4/c36-30(35(24-13-3-1-4-14-24)25-15-5-2-6-16-25)21-22-38-33(37)27-18-10-12-23-11-9-17-26(31(23)27)32-34-28-19-7-8-20-29(28)39-32/h1-20H,21-22H2. The number of aromatic nitrogens is 1. The summed E-state index contributed by atoms with van der Waals surface area (Å²) in [6.07, 6.45) is 0.0261. The number of rotatable bonds is 7. The van der Waals surface area contributed by atoms with Crippen LogP contribution < -0.4 is 4.90 Å². The fourth-order valence-electron chi connectivity index (χ4n) is 4.69. The molecule has 0 aliphatic carbocycles. The van der Waals surface area contributed by atoms with Gasteiger partial charge in [-0.25, -0.2) is 9.78 Å². The minimum absolute atomic E-state index is 0.0261. The molecule has 39 heavy (non-hydrogen) atoms. The van der Waals surface area contributed by atoms with Crippen molar-refractivity contribution in [2.75, 3.05) is 11.5 Å². The van der Waals surface area contributed by atoms with Crippen LogP contribution in [0.3, 0.4) is 0 Å². The first-order chi connectivity index (χ1) is 19.2. The SMILES string of the molecule is O=C(OCCC(=O)N(c1ccccc1)c1ccccc1)c1cccc2cccc(-c3nc4ccccc4o3)c12. The predicted octanol–water partition coefficient (Wildman–Crippen LogP) is 7.56. The van der Waals surface area contributed by atoms with Crippen molar-refractivity contribution >= 4 is 45.1 Å². The van der Waals surface area contributed by atoms with Crippen LogP contribution in [0, 0.1) is 0 Å². The van der Waals surface area contributed by atoms with Gasteiger partial charge in [-0.1, -0.05) is 72.8 Å². The monoisotopic (exact) mass is 512 g/mol. The number of anilines is 2. The smallest absolute Gasteiger partial charge is 0.338 e. The molecule has 0 aliphatic heterocycles. The summed E-state index contributed by atoms with van der Waals surface area (Å²) in [5, 5.41) is 1.55. The molecule has 0 atom stereocenters. The van der Waals surface area contributed by atoms with Gasteiger partial charge in [-0.15, -0.1) is 0 Å². The van der Waals surface area contributed by atoms with Crippen molar-refractivity contribution < 1.29 is 18.7 Å². The van der Waals surface area contributed by atoms with Gasteiger partial charge in [0.1, 0.15) is 12.1 Å². The minimum atomic E-state index is -0.511. The van der Waals surface area contributed by atoms with Crippen LogP contribution in [-0.2, 0) is 9.53 Å². The average Bonchev–Trinajstić information content (AvgIpc) is 3.42. The van der Waals surface area contributed by atoms with Crippen molar-refractivity contribution in [2.24, 2.45) is 0 Å². The zero-order valence-corrected chi connectivity index (χ0v) is 21.0. The van der Waals surface area contributed by atoms with Crippen LogP contribution in [0.5, 0.6) is 0 Å². The summed E-state index contributed by atoms with van der Waals surface area (Å²) in [7, 11) is 0. The fraction of sp³-hybridized carbons (Fsp3) is 0.0606. The van der Waals surface area contributed by atoms with Crippen LogP contribution in [0.2, 0.25) is 0 Å². The molecule has 0 fully saturated rings. The molecule has 0 unspecified atom stereocenters. The van der Waals surface area contributed by atoms with Crippen LogP contribution in [0.15, 0.2) is 126 Å². The van der Waals surface area contributed by atoms with Crippen LogP contribution in [0.1, 0.15) is 16.8 Å². The third-order valence-corrected chi connectivity index (χ3v) is 6.48. The number of esters is 1. The number of carbonyl (C=O) groups excluding carboxylic acids is 2. The Labute approximate surface area is 225 Å². The minimum Gasteiger partial charge on any atom is -0.462 e. The molecule has 0 aliphatic rings. The number of carbonyl (C=O) groups is 2. The molecule has 6 nitrogen and oxygen atoms in total. The lowest BCUT2D eigenvalue weighted by molar-refractivity contribution is -0.118. The molecular weight excluding hydrogens is 488 g/mol. The molecule has 6 heteroatoms. The number of benzene rings is 5. The highest BCUT2D eigenvalue weighted by Crippen LogP contribution is 2.33. The fourth-order valence-corrected chi connectivity index (χ4v) is 4.69. The number of oxazole rings is 1. The maximum atomic E-state index is 13.3. The second-order valence-corrected chi connectivity index (χ2v) is 8.98. The van der Waals surface area contributed by atoms with E-state index in [0.717, 1.165) is 22.3 Å². The number of nitrogens with zero attached hydrogens (tertiary/aromatic N) is 2. The highest BCUT2D eigenvalue weighted by molar-refractivity contribution is 6.10. The van der Waals surface area contributed by atoms with Gasteiger partial charge >= 0.3 is 5.97 Å². The first-order valence-corrected chi connectivity index (χ1v) is 12.7. The Balaban J connectivity index is 1.25. The Bertz CT molecular complexity index is 1700. The van der Waals surface area contributed by atoms with E-state index in [9.17, 15) is 9.59 Å². The number of fused-ring (bicyclic) bond motifs is 2. The van der Waals surface area contributed by atoms with E-state index in [1.165, 1.54) is 0 Å². The first kappa shape index (κ1) is 24.1. The Morgan fingerprint density at radius 2 is 1.36 bits per heavy atom. The zero-order valence-electron chi connectivity index (χ0n) is 21.0. The van der Waals surface area contributed by atoms with Crippen LogP contribution in [0.25, 0.3) is 33.3 Å². The van der Waals surface area contributed by atoms with Gasteiger partial charge in [0.2, 0.25) is 11.8 Å². The molecule has 190 valence electrons. The molecule has 1 heterocycles. The molecule has 0 radical (unpaired) electrons. The van der Waals surface area contributed by atoms with E-state index in [0.29, 0.717) is 28.0 Å². The van der Waals surface area contributed by atoms with Gasteiger partial charge in [0.25, 0.3) is 0 Å². The van der Waals surface area contributed by atoms with E-state index in [1.54, 1.807) is 11.0 Å². The first-order valence-electron chi connectivity index (χ1n) is 12.7. The van der Waals surface area contributed by atoms with Gasteiger partial charge in [-0.2, -0.15) is 0 Å². The summed E-state index contributed by atoms with van der Waals surface area (Å²) in [6.45, 7) is -0.0602. The van der Waals surface area contributed by atoms with E-state index in [-0.39, 0.29) is 18.9 Å². The molecule has 0 N–H and O–H groups in total. The summed E-state index contributed by atoms with van der Waals surface area (Å²) in [4.78, 5) is 32.9. The number of ether oxygens (including phenoxy) is 1. The van der Waals surface area contributed by atoms with Crippen molar-refractivity contribution in [1.82, 2.24) is 4.98 Å². The van der Waals surface area contributed by atoms with E-state index >= 15 is 0 Å². The van der Waals surface area contributed by atoms with Crippen LogP contribution in [-0.4, -0.2) is 23.5 Å². The van der Waals surface area contributed by atoms with E-state index in [2.05, 4.69) is 4.98 Å². The molecule has 6 rings (SSSR count). The Kier molecular flexibility index (Phi) is 6.58. The topological polar surface area (TPSA) is 72.6 Å². The molecule has 6 aromatic rings. The Morgan fingerprint density at radius 1 is 0.718 bits per heavy atom. The second kappa shape index (κ2) is 10.6. The second-order valence-electron chi connectivity index (χ2n) is 8.98. The molecule has 0 bridgehead atoms. The van der Waals surface area contributed by atoms with E-state index in [1.807, 2.05) is 115 Å². The van der Waals surface area contributed by atoms with Gasteiger partial charge in [0.15, 0.2) is 5.58 Å². The van der Waals surface area contributed by atoms with Gasteiger partial charge < -0.3 is 9.15 Å². The number of hydrogen-bond donors (Lipinski definition) is 0. The molecule has 0 saturated carbocycles. The summed E-state index contributed by atoms with van der Waals surface area (Å²) < 4.78 is 11.6. The highest BCUT2D eigenvalue weighted by atomic mass is 16.5. The lowest BCUT2D eigenvalue weighted by Gasteiger charge is -2.23.